The van der Waals surface area contributed by atoms with E-state index in [1.165, 1.54) is 12.1 Å². The lowest BCUT2D eigenvalue weighted by atomic mass is 10.1. The van der Waals surface area contributed by atoms with Crippen LogP contribution >= 0.6 is 0 Å². The van der Waals surface area contributed by atoms with Gasteiger partial charge < -0.3 is 15.0 Å². The zero-order valence-electron chi connectivity index (χ0n) is 10.2. The molecule has 0 spiro atoms. The van der Waals surface area contributed by atoms with Crippen LogP contribution in [0, 0.1) is 0 Å². The molecule has 1 heterocycles. The van der Waals surface area contributed by atoms with E-state index in [0.717, 1.165) is 11.3 Å². The van der Waals surface area contributed by atoms with E-state index in [9.17, 15) is 4.79 Å². The highest BCUT2D eigenvalue weighted by molar-refractivity contribution is 5.35. The molecule has 4 nitrogen and oxygen atoms in total. The number of hydrogen-bond donors (Lipinski definition) is 1. The van der Waals surface area contributed by atoms with Crippen LogP contribution in [0.15, 0.2) is 53.6 Å². The van der Waals surface area contributed by atoms with Crippen LogP contribution in [0.4, 0.5) is 0 Å². The number of nitrogens with two attached hydrogens (primary N) is 1. The Morgan fingerprint density at radius 3 is 2.56 bits per heavy atom. The van der Waals surface area contributed by atoms with Gasteiger partial charge in [-0.15, -0.1) is 0 Å². The Kier molecular flexibility index (Phi) is 3.79. The number of aromatic nitrogens is 1. The van der Waals surface area contributed by atoms with Crippen LogP contribution in [0.3, 0.4) is 0 Å². The maximum absolute atomic E-state index is 11.0. The molecule has 2 N–H and O–H groups in total. The third-order valence-electron chi connectivity index (χ3n) is 2.81. The third kappa shape index (κ3) is 2.78. The third-order valence-corrected chi connectivity index (χ3v) is 2.81. The summed E-state index contributed by atoms with van der Waals surface area (Å²) >= 11 is 0. The van der Waals surface area contributed by atoms with Crippen molar-refractivity contribution in [3.05, 3.63) is 64.6 Å². The summed E-state index contributed by atoms with van der Waals surface area (Å²) in [5, 5.41) is 0. The predicted octanol–water partition coefficient (Wildman–Crippen LogP) is 1.56. The lowest BCUT2D eigenvalue weighted by molar-refractivity contribution is 0.402. The van der Waals surface area contributed by atoms with E-state index in [4.69, 9.17) is 10.5 Å². The minimum absolute atomic E-state index is 0.00267. The average molecular weight is 244 g/mol. The van der Waals surface area contributed by atoms with E-state index in [1.54, 1.807) is 19.5 Å². The van der Waals surface area contributed by atoms with Gasteiger partial charge in [-0.3, -0.25) is 4.79 Å². The fraction of sp³-hybridized carbons (Fsp3) is 0.214. The Balaban J connectivity index is 2.18. The minimum Gasteiger partial charge on any atom is -0.496 e. The van der Waals surface area contributed by atoms with E-state index >= 15 is 0 Å². The lowest BCUT2D eigenvalue weighted by Crippen LogP contribution is -2.19. The molecule has 4 heteroatoms. The summed E-state index contributed by atoms with van der Waals surface area (Å²) in [6.07, 6.45) is 3.47. The van der Waals surface area contributed by atoms with Gasteiger partial charge in [-0.1, -0.05) is 18.2 Å². The SMILES string of the molecule is COc1ccccc1C(N)Cn1ccc(=O)cc1. The van der Waals surface area contributed by atoms with Gasteiger partial charge in [-0.05, 0) is 6.07 Å². The van der Waals surface area contributed by atoms with Gasteiger partial charge in [0.1, 0.15) is 5.75 Å². The molecule has 1 unspecified atom stereocenters. The normalized spacial score (nSPS) is 12.1. The van der Waals surface area contributed by atoms with E-state index in [0.29, 0.717) is 6.54 Å². The highest BCUT2D eigenvalue weighted by Gasteiger charge is 2.11. The van der Waals surface area contributed by atoms with Crippen molar-refractivity contribution in [1.29, 1.82) is 0 Å². The molecule has 0 aliphatic heterocycles. The van der Waals surface area contributed by atoms with Crippen molar-refractivity contribution < 1.29 is 4.74 Å². The van der Waals surface area contributed by atoms with Gasteiger partial charge in [0, 0.05) is 36.6 Å². The highest BCUT2D eigenvalue weighted by Crippen LogP contribution is 2.23. The largest absolute Gasteiger partial charge is 0.496 e. The summed E-state index contributed by atoms with van der Waals surface area (Å²) < 4.78 is 7.17. The molecule has 0 aliphatic carbocycles. The van der Waals surface area contributed by atoms with Crippen molar-refractivity contribution >= 4 is 0 Å². The highest BCUT2D eigenvalue weighted by atomic mass is 16.5. The number of pyridine rings is 1. The molecule has 1 aromatic heterocycles. The molecule has 0 aliphatic rings. The quantitative estimate of drug-likeness (QED) is 0.888. The number of para-hydroxylation sites is 1. The molecule has 0 saturated heterocycles. The topological polar surface area (TPSA) is 57.2 Å². The van der Waals surface area contributed by atoms with Crippen molar-refractivity contribution in [2.75, 3.05) is 7.11 Å². The van der Waals surface area contributed by atoms with Crippen molar-refractivity contribution in [2.45, 2.75) is 12.6 Å². The first-order chi connectivity index (χ1) is 8.70. The molecular weight excluding hydrogens is 228 g/mol. The zero-order valence-corrected chi connectivity index (χ0v) is 10.2. The molecule has 2 rings (SSSR count). The molecule has 0 bridgehead atoms. The van der Waals surface area contributed by atoms with Crippen molar-refractivity contribution in [1.82, 2.24) is 4.57 Å². The van der Waals surface area contributed by atoms with Crippen LogP contribution in [0.5, 0.6) is 5.75 Å². The molecule has 18 heavy (non-hydrogen) atoms. The van der Waals surface area contributed by atoms with Crippen LogP contribution in [0.25, 0.3) is 0 Å². The maximum atomic E-state index is 11.0. The molecule has 0 saturated carbocycles. The Labute approximate surface area is 106 Å². The molecule has 0 fully saturated rings. The van der Waals surface area contributed by atoms with E-state index in [1.807, 2.05) is 28.8 Å². The Morgan fingerprint density at radius 2 is 1.89 bits per heavy atom. The van der Waals surface area contributed by atoms with E-state index < -0.39 is 0 Å². The van der Waals surface area contributed by atoms with Crippen molar-refractivity contribution in [3.63, 3.8) is 0 Å². The lowest BCUT2D eigenvalue weighted by Gasteiger charge is -2.17. The molecule has 1 atom stereocenters. The van der Waals surface area contributed by atoms with E-state index in [2.05, 4.69) is 0 Å². The van der Waals surface area contributed by atoms with Crippen molar-refractivity contribution in [2.24, 2.45) is 5.73 Å². The summed E-state index contributed by atoms with van der Waals surface area (Å²) in [5.74, 6) is 0.783. The fourth-order valence-corrected chi connectivity index (χ4v) is 1.86. The first kappa shape index (κ1) is 12.4. The summed E-state index contributed by atoms with van der Waals surface area (Å²) in [4.78, 5) is 11.0. The second-order valence-corrected chi connectivity index (χ2v) is 4.08. The van der Waals surface area contributed by atoms with Gasteiger partial charge in [-0.2, -0.15) is 0 Å². The van der Waals surface area contributed by atoms with Gasteiger partial charge in [-0.25, -0.2) is 0 Å². The summed E-state index contributed by atoms with van der Waals surface area (Å²) in [7, 11) is 1.63. The van der Waals surface area contributed by atoms with Crippen LogP contribution < -0.4 is 15.9 Å². The van der Waals surface area contributed by atoms with Gasteiger partial charge in [0.2, 0.25) is 0 Å². The number of rotatable bonds is 4. The first-order valence-electron chi connectivity index (χ1n) is 5.75. The standard InChI is InChI=1S/C14H16N2O2/c1-18-14-5-3-2-4-12(14)13(15)10-16-8-6-11(17)7-9-16/h2-9,13H,10,15H2,1H3. The van der Waals surface area contributed by atoms with Crippen LogP contribution in [0.2, 0.25) is 0 Å². The average Bonchev–Trinajstić information content (AvgIpc) is 2.41. The van der Waals surface area contributed by atoms with Gasteiger partial charge >= 0.3 is 0 Å². The second-order valence-electron chi connectivity index (χ2n) is 4.08. The smallest absolute Gasteiger partial charge is 0.181 e. The summed E-state index contributed by atoms with van der Waals surface area (Å²) in [5.41, 5.74) is 7.12. The molecule has 1 aromatic carbocycles. The number of hydrogen-bond acceptors (Lipinski definition) is 3. The first-order valence-corrected chi connectivity index (χ1v) is 5.75. The van der Waals surface area contributed by atoms with Gasteiger partial charge in [0.05, 0.1) is 13.2 Å². The molecular formula is C14H16N2O2. The monoisotopic (exact) mass is 244 g/mol. The number of nitrogens with zero attached hydrogens (tertiary/aromatic N) is 1. The Morgan fingerprint density at radius 1 is 1.22 bits per heavy atom. The van der Waals surface area contributed by atoms with Crippen molar-refractivity contribution in [3.8, 4) is 5.75 Å². The van der Waals surface area contributed by atoms with Crippen LogP contribution in [-0.2, 0) is 6.54 Å². The number of methoxy groups -OCH3 is 1. The molecule has 0 radical (unpaired) electrons. The molecule has 2 aromatic rings. The summed E-state index contributed by atoms with van der Waals surface area (Å²) in [6.45, 7) is 0.598. The van der Waals surface area contributed by atoms with Crippen LogP contribution in [0.1, 0.15) is 11.6 Å². The number of benzene rings is 1. The van der Waals surface area contributed by atoms with Crippen LogP contribution in [-0.4, -0.2) is 11.7 Å². The zero-order chi connectivity index (χ0) is 13.0. The second kappa shape index (κ2) is 5.51. The van der Waals surface area contributed by atoms with Gasteiger partial charge in [0.25, 0.3) is 0 Å². The Hall–Kier alpha value is -2.07. The number of ether oxygens (including phenoxy) is 1. The molecule has 94 valence electrons. The van der Waals surface area contributed by atoms with Gasteiger partial charge in [0.15, 0.2) is 5.43 Å². The van der Waals surface area contributed by atoms with E-state index in [-0.39, 0.29) is 11.5 Å². The minimum atomic E-state index is -0.177. The maximum Gasteiger partial charge on any atom is 0.181 e. The summed E-state index contributed by atoms with van der Waals surface area (Å²) in [6, 6.07) is 10.6. The fourth-order valence-electron chi connectivity index (χ4n) is 1.86. The molecule has 0 amide bonds. The predicted molar refractivity (Wildman–Crippen MR) is 70.6 cm³/mol. The Bertz CT molecular complexity index is 558.